The van der Waals surface area contributed by atoms with Crippen LogP contribution in [0.3, 0.4) is 0 Å². The lowest BCUT2D eigenvalue weighted by molar-refractivity contribution is -0.144. The molecule has 0 bridgehead atoms. The molecule has 0 saturated heterocycles. The van der Waals surface area contributed by atoms with Gasteiger partial charge in [-0.25, -0.2) is 4.79 Å². The third-order valence-corrected chi connectivity index (χ3v) is 3.70. The molecule has 0 spiro atoms. The smallest absolute Gasteiger partial charge is 0.351 e. The number of hydrogen-bond acceptors (Lipinski definition) is 3. The minimum Gasteiger partial charge on any atom is -0.451 e. The number of cyclic esters (lactones) is 1. The van der Waals surface area contributed by atoms with Crippen molar-refractivity contribution in [2.45, 2.75) is 31.8 Å². The summed E-state index contributed by atoms with van der Waals surface area (Å²) >= 11 is 11.5. The van der Waals surface area contributed by atoms with E-state index >= 15 is 0 Å². The number of carbonyl (C=O) groups excluding carboxylic acids is 2. The van der Waals surface area contributed by atoms with Crippen LogP contribution in [-0.2, 0) is 14.3 Å². The predicted octanol–water partition coefficient (Wildman–Crippen LogP) is 2.36. The highest BCUT2D eigenvalue weighted by Gasteiger charge is 2.41. The minimum absolute atomic E-state index is 0.0833. The molecule has 1 aliphatic heterocycles. The highest BCUT2D eigenvalue weighted by molar-refractivity contribution is 6.48. The number of Topliss-reactive ketones (excluding diaryl/α,β-unsaturated/α-hetero) is 1. The van der Waals surface area contributed by atoms with Gasteiger partial charge in [0.1, 0.15) is 16.9 Å². The summed E-state index contributed by atoms with van der Waals surface area (Å²) in [5.41, 5.74) is 0. The zero-order valence-corrected chi connectivity index (χ0v) is 9.48. The van der Waals surface area contributed by atoms with Crippen molar-refractivity contribution in [1.82, 2.24) is 0 Å². The topological polar surface area (TPSA) is 43.4 Å². The molecule has 1 fully saturated rings. The minimum atomic E-state index is -0.639. The molecule has 2 atom stereocenters. The van der Waals surface area contributed by atoms with Gasteiger partial charge in [0.2, 0.25) is 0 Å². The lowest BCUT2D eigenvalue weighted by atomic mass is 9.84. The van der Waals surface area contributed by atoms with Gasteiger partial charge in [-0.1, -0.05) is 29.6 Å². The largest absolute Gasteiger partial charge is 0.451 e. The van der Waals surface area contributed by atoms with Gasteiger partial charge in [-0.05, 0) is 12.8 Å². The number of halogens is 2. The van der Waals surface area contributed by atoms with Crippen LogP contribution in [0.5, 0.6) is 0 Å². The lowest BCUT2D eigenvalue weighted by Gasteiger charge is -2.25. The van der Waals surface area contributed by atoms with Gasteiger partial charge in [-0.2, -0.15) is 0 Å². The maximum Gasteiger partial charge on any atom is 0.351 e. The summed E-state index contributed by atoms with van der Waals surface area (Å²) in [5, 5.41) is 0.0990. The molecule has 2 unspecified atom stereocenters. The Kier molecular flexibility index (Phi) is 3.03. The van der Waals surface area contributed by atoms with Crippen LogP contribution in [0.1, 0.15) is 25.7 Å². The molecule has 2 aliphatic rings. The van der Waals surface area contributed by atoms with Crippen LogP contribution >= 0.6 is 23.2 Å². The van der Waals surface area contributed by atoms with Crippen LogP contribution in [0.4, 0.5) is 0 Å². The quantitative estimate of drug-likeness (QED) is 0.670. The molecule has 1 saturated carbocycles. The first-order chi connectivity index (χ1) is 7.11. The van der Waals surface area contributed by atoms with Crippen molar-refractivity contribution in [2.75, 3.05) is 0 Å². The molecule has 0 N–H and O–H groups in total. The van der Waals surface area contributed by atoms with Crippen LogP contribution < -0.4 is 0 Å². The highest BCUT2D eigenvalue weighted by atomic mass is 35.5. The van der Waals surface area contributed by atoms with Gasteiger partial charge in [0.05, 0.1) is 11.0 Å². The Hall–Kier alpha value is -0.540. The van der Waals surface area contributed by atoms with E-state index in [0.717, 1.165) is 19.3 Å². The second-order valence-electron chi connectivity index (χ2n) is 3.81. The first kappa shape index (κ1) is 11.0. The zero-order valence-electron chi connectivity index (χ0n) is 7.96. The van der Waals surface area contributed by atoms with Gasteiger partial charge in [0, 0.05) is 6.42 Å². The Bertz CT molecular complexity index is 349. The van der Waals surface area contributed by atoms with E-state index < -0.39 is 12.1 Å². The van der Waals surface area contributed by atoms with Gasteiger partial charge in [-0.15, -0.1) is 0 Å². The first-order valence-electron chi connectivity index (χ1n) is 4.90. The first-order valence-corrected chi connectivity index (χ1v) is 5.65. The van der Waals surface area contributed by atoms with Crippen molar-refractivity contribution in [3.8, 4) is 0 Å². The third-order valence-electron chi connectivity index (χ3n) is 2.84. The number of ether oxygens (including phenoxy) is 1. The van der Waals surface area contributed by atoms with E-state index in [1.165, 1.54) is 0 Å². The van der Waals surface area contributed by atoms with Crippen LogP contribution in [0, 0.1) is 5.92 Å². The average Bonchev–Trinajstić information content (AvgIpc) is 2.47. The molecule has 1 aliphatic carbocycles. The molecule has 0 aromatic rings. The Morgan fingerprint density at radius 3 is 2.47 bits per heavy atom. The molecule has 15 heavy (non-hydrogen) atoms. The fourth-order valence-electron chi connectivity index (χ4n) is 2.03. The van der Waals surface area contributed by atoms with Crippen LogP contribution in [0.15, 0.2) is 10.1 Å². The van der Waals surface area contributed by atoms with E-state index in [9.17, 15) is 9.59 Å². The van der Waals surface area contributed by atoms with Crippen LogP contribution in [0.2, 0.25) is 0 Å². The van der Waals surface area contributed by atoms with Crippen molar-refractivity contribution < 1.29 is 14.3 Å². The summed E-state index contributed by atoms with van der Waals surface area (Å²) in [6.07, 6.45) is 2.49. The van der Waals surface area contributed by atoms with Gasteiger partial charge < -0.3 is 4.74 Å². The van der Waals surface area contributed by atoms with E-state index in [1.54, 1.807) is 0 Å². The Morgan fingerprint density at radius 2 is 1.93 bits per heavy atom. The van der Waals surface area contributed by atoms with Crippen LogP contribution in [-0.4, -0.2) is 17.9 Å². The van der Waals surface area contributed by atoms with Gasteiger partial charge in [-0.3, -0.25) is 4.79 Å². The second-order valence-corrected chi connectivity index (χ2v) is 4.59. The van der Waals surface area contributed by atoms with E-state index in [-0.39, 0.29) is 21.8 Å². The molecule has 3 nitrogen and oxygen atoms in total. The number of ketones is 1. The summed E-state index contributed by atoms with van der Waals surface area (Å²) in [6, 6.07) is 0. The summed E-state index contributed by atoms with van der Waals surface area (Å²) in [4.78, 5) is 22.8. The van der Waals surface area contributed by atoms with Crippen molar-refractivity contribution in [3.63, 3.8) is 0 Å². The summed E-state index contributed by atoms with van der Waals surface area (Å²) < 4.78 is 5.00. The lowest BCUT2D eigenvalue weighted by Crippen LogP contribution is -2.31. The van der Waals surface area contributed by atoms with Gasteiger partial charge >= 0.3 is 5.97 Å². The third kappa shape index (κ3) is 1.91. The Balaban J connectivity index is 2.18. The maximum atomic E-state index is 11.6. The van der Waals surface area contributed by atoms with E-state index in [2.05, 4.69) is 0 Å². The van der Waals surface area contributed by atoms with Crippen molar-refractivity contribution in [3.05, 3.63) is 10.1 Å². The molecule has 5 heteroatoms. The van der Waals surface area contributed by atoms with Gasteiger partial charge in [0.25, 0.3) is 0 Å². The number of esters is 1. The van der Waals surface area contributed by atoms with E-state index in [0.29, 0.717) is 6.42 Å². The zero-order chi connectivity index (χ0) is 11.0. The van der Waals surface area contributed by atoms with E-state index in [1.807, 2.05) is 0 Å². The number of hydrogen-bond donors (Lipinski definition) is 0. The van der Waals surface area contributed by atoms with Gasteiger partial charge in [0.15, 0.2) is 0 Å². The van der Waals surface area contributed by atoms with E-state index in [4.69, 9.17) is 27.9 Å². The highest BCUT2D eigenvalue weighted by Crippen LogP contribution is 2.37. The molecule has 0 aromatic carbocycles. The Morgan fingerprint density at radius 1 is 1.20 bits per heavy atom. The van der Waals surface area contributed by atoms with Crippen molar-refractivity contribution >= 4 is 35.0 Å². The Labute approximate surface area is 97.4 Å². The second kappa shape index (κ2) is 4.14. The fourth-order valence-corrected chi connectivity index (χ4v) is 2.46. The number of carbonyl (C=O) groups is 2. The predicted molar refractivity (Wildman–Crippen MR) is 55.6 cm³/mol. The molecule has 0 aromatic heterocycles. The summed E-state index contributed by atoms with van der Waals surface area (Å²) in [7, 11) is 0. The monoisotopic (exact) mass is 248 g/mol. The van der Waals surface area contributed by atoms with Crippen molar-refractivity contribution in [1.29, 1.82) is 0 Å². The molecule has 1 heterocycles. The summed E-state index contributed by atoms with van der Waals surface area (Å²) in [6.45, 7) is 0. The van der Waals surface area contributed by atoms with Crippen LogP contribution in [0.25, 0.3) is 0 Å². The molecular formula is C10H10Cl2O3. The molecule has 2 rings (SSSR count). The molecule has 0 radical (unpaired) electrons. The fraction of sp³-hybridized carbons (Fsp3) is 0.600. The normalized spacial score (nSPS) is 32.1. The molecular weight excluding hydrogens is 239 g/mol. The SMILES string of the molecule is O=C1OC(C2CCCCC2=O)C(Cl)=C1Cl. The summed E-state index contributed by atoms with van der Waals surface area (Å²) in [5.74, 6) is -0.806. The van der Waals surface area contributed by atoms with Crippen molar-refractivity contribution in [2.24, 2.45) is 5.92 Å². The molecule has 82 valence electrons. The molecule has 0 amide bonds. The number of rotatable bonds is 1. The maximum absolute atomic E-state index is 11.6. The standard InChI is InChI=1S/C10H10Cl2O3/c11-7-8(12)10(14)15-9(7)5-3-1-2-4-6(5)13/h5,9H,1-4H2. The average molecular weight is 249 g/mol.